The Morgan fingerprint density at radius 2 is 1.37 bits per heavy atom. The van der Waals surface area contributed by atoms with Crippen molar-refractivity contribution < 1.29 is 18.7 Å². The van der Waals surface area contributed by atoms with Gasteiger partial charge in [0.1, 0.15) is 12.3 Å². The third kappa shape index (κ3) is 6.13. The van der Waals surface area contributed by atoms with Gasteiger partial charge in [-0.25, -0.2) is 9.59 Å². The molecule has 0 bridgehead atoms. The first-order chi connectivity index (χ1) is 21.1. The molecule has 1 atom stereocenters. The average molecular weight is 570 g/mol. The van der Waals surface area contributed by atoms with E-state index in [2.05, 4.69) is 5.32 Å². The van der Waals surface area contributed by atoms with Gasteiger partial charge in [0.05, 0.1) is 22.7 Å². The van der Waals surface area contributed by atoms with Crippen LogP contribution in [0.5, 0.6) is 0 Å². The molecule has 0 saturated carbocycles. The van der Waals surface area contributed by atoms with Gasteiger partial charge in [-0.1, -0.05) is 84.9 Å². The summed E-state index contributed by atoms with van der Waals surface area (Å²) in [6, 6.07) is 37.4. The largest absolute Gasteiger partial charge is 0.460 e. The van der Waals surface area contributed by atoms with Gasteiger partial charge in [0, 0.05) is 23.1 Å². The highest BCUT2D eigenvalue weighted by molar-refractivity contribution is 5.94. The second kappa shape index (κ2) is 12.4. The molecular formula is C35H27N3O5. The van der Waals surface area contributed by atoms with Gasteiger partial charge in [-0.05, 0) is 42.5 Å². The van der Waals surface area contributed by atoms with E-state index >= 15 is 0 Å². The third-order valence-corrected chi connectivity index (χ3v) is 6.96. The summed E-state index contributed by atoms with van der Waals surface area (Å²) in [6.45, 7) is -0.154. The Kier molecular flexibility index (Phi) is 7.91. The van der Waals surface area contributed by atoms with Crippen LogP contribution in [0.1, 0.15) is 26.3 Å². The number of nitrogens with one attached hydrogen (secondary N) is 1. The number of rotatable bonds is 9. The highest BCUT2D eigenvalue weighted by Gasteiger charge is 2.23. The SMILES string of the molecule is O=C(N[C@H](COC(=O)c1ccccc1)Cc1cc2c(-c3ccccc3)nn(-c3ccccc3)c2oc1=O)c1ccccc1. The van der Waals surface area contributed by atoms with Crippen LogP contribution in [-0.4, -0.2) is 34.3 Å². The lowest BCUT2D eigenvalue weighted by molar-refractivity contribution is 0.0456. The molecule has 212 valence electrons. The number of fused-ring (bicyclic) bond motifs is 1. The van der Waals surface area contributed by atoms with Gasteiger partial charge >= 0.3 is 11.6 Å². The first-order valence-corrected chi connectivity index (χ1v) is 13.8. The van der Waals surface area contributed by atoms with Crippen LogP contribution in [0.2, 0.25) is 0 Å². The van der Waals surface area contributed by atoms with Crippen LogP contribution in [0.25, 0.3) is 28.0 Å². The van der Waals surface area contributed by atoms with Gasteiger partial charge in [-0.3, -0.25) is 4.79 Å². The van der Waals surface area contributed by atoms with Crippen LogP contribution in [-0.2, 0) is 11.2 Å². The second-order valence-corrected chi connectivity index (χ2v) is 9.94. The number of nitrogens with zero attached hydrogens (tertiary/aromatic N) is 2. The Labute approximate surface area is 247 Å². The topological polar surface area (TPSA) is 103 Å². The molecule has 0 fully saturated rings. The van der Waals surface area contributed by atoms with Crippen LogP contribution >= 0.6 is 0 Å². The molecule has 2 aromatic heterocycles. The number of para-hydroxylation sites is 1. The fourth-order valence-electron chi connectivity index (χ4n) is 4.83. The molecule has 0 spiro atoms. The lowest BCUT2D eigenvalue weighted by Gasteiger charge is -2.19. The predicted octanol–water partition coefficient (Wildman–Crippen LogP) is 5.84. The number of hydrogen-bond acceptors (Lipinski definition) is 6. The van der Waals surface area contributed by atoms with Gasteiger partial charge < -0.3 is 14.5 Å². The lowest BCUT2D eigenvalue weighted by atomic mass is 10.0. The Hall–Kier alpha value is -5.76. The van der Waals surface area contributed by atoms with Crippen molar-refractivity contribution in [3.63, 3.8) is 0 Å². The molecule has 0 aliphatic heterocycles. The number of carbonyl (C=O) groups is 2. The first kappa shape index (κ1) is 27.4. The van der Waals surface area contributed by atoms with E-state index in [0.29, 0.717) is 33.5 Å². The van der Waals surface area contributed by atoms with Crippen molar-refractivity contribution in [2.24, 2.45) is 0 Å². The average Bonchev–Trinajstić information content (AvgIpc) is 3.43. The van der Waals surface area contributed by atoms with E-state index in [-0.39, 0.29) is 18.9 Å². The molecule has 0 aliphatic carbocycles. The number of amides is 1. The minimum absolute atomic E-state index is 0.0592. The number of hydrogen-bond donors (Lipinski definition) is 1. The monoisotopic (exact) mass is 569 g/mol. The van der Waals surface area contributed by atoms with Crippen molar-refractivity contribution in [2.75, 3.05) is 6.61 Å². The maximum Gasteiger partial charge on any atom is 0.340 e. The van der Waals surface area contributed by atoms with Crippen LogP contribution in [0, 0.1) is 0 Å². The zero-order valence-corrected chi connectivity index (χ0v) is 23.1. The molecule has 1 amide bonds. The summed E-state index contributed by atoms with van der Waals surface area (Å²) in [5.41, 5.74) is 3.12. The van der Waals surface area contributed by atoms with E-state index in [1.165, 1.54) is 0 Å². The highest BCUT2D eigenvalue weighted by atomic mass is 16.5. The number of benzene rings is 4. The Morgan fingerprint density at radius 1 is 0.791 bits per heavy atom. The van der Waals surface area contributed by atoms with Crippen LogP contribution < -0.4 is 10.9 Å². The molecule has 0 aliphatic rings. The molecule has 8 nitrogen and oxygen atoms in total. The van der Waals surface area contributed by atoms with Gasteiger partial charge in [-0.15, -0.1) is 0 Å². The highest BCUT2D eigenvalue weighted by Crippen LogP contribution is 2.30. The van der Waals surface area contributed by atoms with Gasteiger partial charge in [-0.2, -0.15) is 9.78 Å². The van der Waals surface area contributed by atoms with Crippen LogP contribution in [0.4, 0.5) is 0 Å². The van der Waals surface area contributed by atoms with E-state index in [1.807, 2.05) is 66.7 Å². The van der Waals surface area contributed by atoms with Crippen LogP contribution in [0.15, 0.2) is 137 Å². The van der Waals surface area contributed by atoms with Crippen molar-refractivity contribution in [3.8, 4) is 16.9 Å². The molecule has 2 heterocycles. The van der Waals surface area contributed by atoms with Gasteiger partial charge in [0.15, 0.2) is 0 Å². The third-order valence-electron chi connectivity index (χ3n) is 6.96. The Balaban J connectivity index is 1.37. The molecular weight excluding hydrogens is 542 g/mol. The predicted molar refractivity (Wildman–Crippen MR) is 163 cm³/mol. The maximum atomic E-state index is 13.4. The van der Waals surface area contributed by atoms with E-state index < -0.39 is 17.6 Å². The molecule has 8 heteroatoms. The number of ether oxygens (including phenoxy) is 1. The molecule has 0 saturated heterocycles. The van der Waals surface area contributed by atoms with E-state index in [4.69, 9.17) is 14.3 Å². The molecule has 0 unspecified atom stereocenters. The minimum Gasteiger partial charge on any atom is -0.460 e. The fourth-order valence-corrected chi connectivity index (χ4v) is 4.83. The summed E-state index contributed by atoms with van der Waals surface area (Å²) in [7, 11) is 0. The summed E-state index contributed by atoms with van der Waals surface area (Å²) >= 11 is 0. The molecule has 4 aromatic carbocycles. The first-order valence-electron chi connectivity index (χ1n) is 13.8. The Bertz CT molecular complexity index is 1920. The molecule has 6 rings (SSSR count). The Morgan fingerprint density at radius 3 is 2.02 bits per heavy atom. The van der Waals surface area contributed by atoms with E-state index in [0.717, 1.165) is 11.3 Å². The minimum atomic E-state index is -0.718. The van der Waals surface area contributed by atoms with Gasteiger partial charge in [0.25, 0.3) is 5.91 Å². The summed E-state index contributed by atoms with van der Waals surface area (Å²) < 4.78 is 13.1. The van der Waals surface area contributed by atoms with Crippen molar-refractivity contribution in [3.05, 3.63) is 155 Å². The number of aromatic nitrogens is 2. The summed E-state index contributed by atoms with van der Waals surface area (Å²) in [5, 5.41) is 8.38. The van der Waals surface area contributed by atoms with E-state index in [9.17, 15) is 14.4 Å². The van der Waals surface area contributed by atoms with Crippen molar-refractivity contribution >= 4 is 23.0 Å². The fraction of sp³-hybridized carbons (Fsp3) is 0.0857. The zero-order valence-electron chi connectivity index (χ0n) is 23.1. The summed E-state index contributed by atoms with van der Waals surface area (Å²) in [6.07, 6.45) is 0.0592. The number of carbonyl (C=O) groups excluding carboxylic acids is 2. The standard InChI is InChI=1S/C35H27N3O5/c39-32(25-15-7-2-8-16-25)36-28(23-42-34(40)26-17-9-3-10-18-26)21-27-22-30-31(24-13-5-1-6-14-24)37-38(33(30)43-35(27)41)29-19-11-4-12-20-29/h1-20,22,28H,21,23H2,(H,36,39)/t28-/m0/s1. The quantitative estimate of drug-likeness (QED) is 0.219. The molecule has 43 heavy (non-hydrogen) atoms. The maximum absolute atomic E-state index is 13.4. The molecule has 1 N–H and O–H groups in total. The van der Waals surface area contributed by atoms with Crippen molar-refractivity contribution in [1.82, 2.24) is 15.1 Å². The van der Waals surface area contributed by atoms with Crippen molar-refractivity contribution in [1.29, 1.82) is 0 Å². The zero-order chi connectivity index (χ0) is 29.6. The smallest absolute Gasteiger partial charge is 0.340 e. The van der Waals surface area contributed by atoms with E-state index in [1.54, 1.807) is 65.3 Å². The normalized spacial score (nSPS) is 11.6. The second-order valence-electron chi connectivity index (χ2n) is 9.94. The van der Waals surface area contributed by atoms with Crippen molar-refractivity contribution in [2.45, 2.75) is 12.5 Å². The molecule has 6 aromatic rings. The summed E-state index contributed by atoms with van der Waals surface area (Å²) in [4.78, 5) is 39.2. The summed E-state index contributed by atoms with van der Waals surface area (Å²) in [5.74, 6) is -0.883. The van der Waals surface area contributed by atoms with Crippen LogP contribution in [0.3, 0.4) is 0 Å². The number of esters is 1. The van der Waals surface area contributed by atoms with Gasteiger partial charge in [0.2, 0.25) is 5.71 Å². The molecule has 0 radical (unpaired) electrons. The lowest BCUT2D eigenvalue weighted by Crippen LogP contribution is -2.41.